The molecule has 220 valence electrons. The molecular weight excluding hydrogens is 496 g/mol. The van der Waals surface area contributed by atoms with Crippen molar-refractivity contribution >= 4 is 10.1 Å². The van der Waals surface area contributed by atoms with Crippen LogP contribution in [-0.4, -0.2) is 47.2 Å². The zero-order valence-corrected chi connectivity index (χ0v) is 26.0. The first-order chi connectivity index (χ1) is 17.9. The SMILES string of the molecule is CC(C)CCC[C@@H](C)[C@H]1CC[C@H]2[C@@H]3CC=C4C[C@H](OCCOCCOS(C)(=O)=O)CC[C@]4(C)[C@H]3CC[C@]12C. The van der Waals surface area contributed by atoms with Gasteiger partial charge in [-0.1, -0.05) is 65.5 Å². The second-order valence-electron chi connectivity index (χ2n) is 14.2. The fourth-order valence-electron chi connectivity index (χ4n) is 9.41. The summed E-state index contributed by atoms with van der Waals surface area (Å²) in [7, 11) is -3.40. The maximum Gasteiger partial charge on any atom is 0.264 e. The summed E-state index contributed by atoms with van der Waals surface area (Å²) >= 11 is 0. The van der Waals surface area contributed by atoms with Crippen LogP contribution in [0.1, 0.15) is 105 Å². The van der Waals surface area contributed by atoms with Crippen LogP contribution in [0.5, 0.6) is 0 Å². The summed E-state index contributed by atoms with van der Waals surface area (Å²) in [5.41, 5.74) is 2.56. The van der Waals surface area contributed by atoms with E-state index in [4.69, 9.17) is 13.7 Å². The van der Waals surface area contributed by atoms with Crippen molar-refractivity contribution in [2.75, 3.05) is 32.7 Å². The zero-order chi connectivity index (χ0) is 27.6. The smallest absolute Gasteiger partial charge is 0.264 e. The molecule has 0 bridgehead atoms. The minimum Gasteiger partial charge on any atom is -0.377 e. The largest absolute Gasteiger partial charge is 0.377 e. The number of ether oxygens (including phenoxy) is 2. The highest BCUT2D eigenvalue weighted by Crippen LogP contribution is 2.67. The predicted octanol–water partition coefficient (Wildman–Crippen LogP) is 7.41. The second kappa shape index (κ2) is 12.6. The monoisotopic (exact) mass is 552 g/mol. The molecule has 0 saturated heterocycles. The van der Waals surface area contributed by atoms with Crippen LogP contribution >= 0.6 is 0 Å². The summed E-state index contributed by atoms with van der Waals surface area (Å²) in [6.45, 7) is 13.9. The summed E-state index contributed by atoms with van der Waals surface area (Å²) in [6.07, 6.45) is 18.6. The summed E-state index contributed by atoms with van der Waals surface area (Å²) in [6, 6.07) is 0. The predicted molar refractivity (Wildman–Crippen MR) is 154 cm³/mol. The molecule has 0 aromatic rings. The topological polar surface area (TPSA) is 61.8 Å². The van der Waals surface area contributed by atoms with Crippen LogP contribution in [0.2, 0.25) is 0 Å². The number of allylic oxidation sites excluding steroid dienone is 1. The highest BCUT2D eigenvalue weighted by Gasteiger charge is 2.59. The van der Waals surface area contributed by atoms with Gasteiger partial charge in [0.05, 0.1) is 38.8 Å². The quantitative estimate of drug-likeness (QED) is 0.135. The van der Waals surface area contributed by atoms with Crippen LogP contribution in [0.15, 0.2) is 11.6 Å². The summed E-state index contributed by atoms with van der Waals surface area (Å²) in [5.74, 6) is 5.24. The summed E-state index contributed by atoms with van der Waals surface area (Å²) < 4.78 is 38.4. The summed E-state index contributed by atoms with van der Waals surface area (Å²) in [5, 5.41) is 0. The van der Waals surface area contributed by atoms with Crippen molar-refractivity contribution in [3.05, 3.63) is 11.6 Å². The van der Waals surface area contributed by atoms with E-state index in [2.05, 4.69) is 40.7 Å². The van der Waals surface area contributed by atoms with Crippen LogP contribution in [0, 0.1) is 46.3 Å². The Morgan fingerprint density at radius 3 is 2.45 bits per heavy atom. The summed E-state index contributed by atoms with van der Waals surface area (Å²) in [4.78, 5) is 0. The third kappa shape index (κ3) is 6.89. The molecule has 0 amide bonds. The number of hydrogen-bond donors (Lipinski definition) is 0. The van der Waals surface area contributed by atoms with Crippen molar-refractivity contribution in [1.29, 1.82) is 0 Å². The van der Waals surface area contributed by atoms with Gasteiger partial charge < -0.3 is 9.47 Å². The minimum absolute atomic E-state index is 0.0634. The normalized spacial score (nSPS) is 37.9. The van der Waals surface area contributed by atoms with Gasteiger partial charge in [0, 0.05) is 0 Å². The molecule has 4 rings (SSSR count). The Bertz CT molecular complexity index is 913. The second-order valence-corrected chi connectivity index (χ2v) is 15.8. The molecule has 4 aliphatic rings. The molecule has 4 aliphatic carbocycles. The van der Waals surface area contributed by atoms with E-state index in [0.717, 1.165) is 54.6 Å². The van der Waals surface area contributed by atoms with Gasteiger partial charge in [0.15, 0.2) is 0 Å². The maximum absolute atomic E-state index is 11.0. The Kier molecular flexibility index (Phi) is 10.1. The molecule has 0 N–H and O–H groups in total. The molecular formula is C32H56O5S. The number of rotatable bonds is 13. The Morgan fingerprint density at radius 2 is 1.71 bits per heavy atom. The van der Waals surface area contributed by atoms with Gasteiger partial charge in [-0.15, -0.1) is 0 Å². The van der Waals surface area contributed by atoms with E-state index in [1.54, 1.807) is 5.57 Å². The highest BCUT2D eigenvalue weighted by molar-refractivity contribution is 7.85. The van der Waals surface area contributed by atoms with Gasteiger partial charge in [0.25, 0.3) is 10.1 Å². The van der Waals surface area contributed by atoms with Crippen molar-refractivity contribution in [2.45, 2.75) is 111 Å². The standard InChI is InChI=1S/C32H56O5S/c1-23(2)8-7-9-24(3)28-12-13-29-27-11-10-25-22-26(36-20-18-35-19-21-37-38(6,33)34)14-16-31(25,4)30(27)15-17-32(28,29)5/h10,23-24,26-30H,7-9,11-22H2,1-6H3/t24-,26-,27+,28-,29+,30+,31+,32-/m1/s1. The van der Waals surface area contributed by atoms with Gasteiger partial charge >= 0.3 is 0 Å². The molecule has 0 aromatic carbocycles. The first-order valence-corrected chi connectivity index (χ1v) is 17.5. The molecule has 0 spiro atoms. The van der Waals surface area contributed by atoms with Crippen molar-refractivity contribution in [1.82, 2.24) is 0 Å². The van der Waals surface area contributed by atoms with E-state index in [1.165, 1.54) is 57.8 Å². The van der Waals surface area contributed by atoms with Gasteiger partial charge in [-0.3, -0.25) is 4.18 Å². The van der Waals surface area contributed by atoms with Crippen molar-refractivity contribution in [3.8, 4) is 0 Å². The lowest BCUT2D eigenvalue weighted by molar-refractivity contribution is -0.0681. The molecule has 5 nitrogen and oxygen atoms in total. The Labute approximate surface area is 234 Å². The van der Waals surface area contributed by atoms with E-state index in [-0.39, 0.29) is 19.3 Å². The van der Waals surface area contributed by atoms with E-state index in [9.17, 15) is 8.42 Å². The molecule has 3 fully saturated rings. The van der Waals surface area contributed by atoms with Crippen LogP contribution in [0.4, 0.5) is 0 Å². The van der Waals surface area contributed by atoms with E-state index in [1.807, 2.05) is 0 Å². The maximum atomic E-state index is 11.0. The molecule has 0 radical (unpaired) electrons. The third-order valence-corrected chi connectivity index (χ3v) is 12.0. The van der Waals surface area contributed by atoms with E-state index >= 15 is 0 Å². The zero-order valence-electron chi connectivity index (χ0n) is 25.2. The van der Waals surface area contributed by atoms with E-state index in [0.29, 0.717) is 24.0 Å². The Hall–Kier alpha value is -0.430. The van der Waals surface area contributed by atoms with E-state index < -0.39 is 10.1 Å². The first kappa shape index (κ1) is 30.5. The van der Waals surface area contributed by atoms with Crippen molar-refractivity contribution in [2.24, 2.45) is 46.3 Å². The molecule has 6 heteroatoms. The van der Waals surface area contributed by atoms with Crippen LogP contribution in [0.25, 0.3) is 0 Å². The van der Waals surface area contributed by atoms with Crippen LogP contribution in [-0.2, 0) is 23.8 Å². The minimum atomic E-state index is -3.40. The molecule has 0 aliphatic heterocycles. The number of hydrogen-bond acceptors (Lipinski definition) is 5. The van der Waals surface area contributed by atoms with Gasteiger partial charge in [0.2, 0.25) is 0 Å². The van der Waals surface area contributed by atoms with Gasteiger partial charge in [-0.25, -0.2) is 0 Å². The molecule has 0 unspecified atom stereocenters. The highest BCUT2D eigenvalue weighted by atomic mass is 32.2. The fraction of sp³-hybridized carbons (Fsp3) is 0.938. The lowest BCUT2D eigenvalue weighted by atomic mass is 9.47. The van der Waals surface area contributed by atoms with Gasteiger partial charge in [0.1, 0.15) is 0 Å². The number of fused-ring (bicyclic) bond motifs is 5. The lowest BCUT2D eigenvalue weighted by Gasteiger charge is -2.58. The van der Waals surface area contributed by atoms with Gasteiger partial charge in [-0.2, -0.15) is 8.42 Å². The Morgan fingerprint density at radius 1 is 0.947 bits per heavy atom. The van der Waals surface area contributed by atoms with Crippen molar-refractivity contribution in [3.63, 3.8) is 0 Å². The molecule has 38 heavy (non-hydrogen) atoms. The lowest BCUT2D eigenvalue weighted by Crippen LogP contribution is -2.51. The Balaban J connectivity index is 1.28. The average Bonchev–Trinajstić information content (AvgIpc) is 3.20. The molecule has 8 atom stereocenters. The van der Waals surface area contributed by atoms with Crippen LogP contribution < -0.4 is 0 Å². The van der Waals surface area contributed by atoms with Gasteiger partial charge in [-0.05, 0) is 97.7 Å². The first-order valence-electron chi connectivity index (χ1n) is 15.7. The molecule has 0 aromatic heterocycles. The molecule has 0 heterocycles. The van der Waals surface area contributed by atoms with Crippen LogP contribution in [0.3, 0.4) is 0 Å². The molecule has 3 saturated carbocycles. The fourth-order valence-corrected chi connectivity index (χ4v) is 9.79. The van der Waals surface area contributed by atoms with Crippen molar-refractivity contribution < 1.29 is 22.1 Å². The third-order valence-electron chi connectivity index (χ3n) is 11.4. The average molecular weight is 553 g/mol.